The van der Waals surface area contributed by atoms with Crippen molar-refractivity contribution in [2.24, 2.45) is 0 Å². The molecule has 1 aliphatic carbocycles. The van der Waals surface area contributed by atoms with Gasteiger partial charge in [-0.1, -0.05) is 29.5 Å². The Hall–Kier alpha value is -1.68. The maximum atomic E-state index is 8.82. The number of nitrogens with zero attached hydrogens (tertiary/aromatic N) is 3. The maximum Gasteiger partial charge on any atom is 0.0849 e. The Balaban J connectivity index is 1.69. The number of fused-ring (bicyclic) bond motifs is 1. The standard InChI is InChI=1S/C13H15N3O/c17-6-5-12-9-16(15-14-12)8-11-7-10-3-1-2-4-13(10)11/h1-4,9,11,17H,5-8H2. The molecule has 0 fully saturated rings. The van der Waals surface area contributed by atoms with Gasteiger partial charge in [0.2, 0.25) is 0 Å². The summed E-state index contributed by atoms with van der Waals surface area (Å²) in [7, 11) is 0. The van der Waals surface area contributed by atoms with Crippen LogP contribution in [0.1, 0.15) is 22.7 Å². The lowest BCUT2D eigenvalue weighted by molar-refractivity contribution is 0.298. The Bertz CT molecular complexity index is 521. The van der Waals surface area contributed by atoms with Crippen LogP contribution in [0.2, 0.25) is 0 Å². The number of benzene rings is 1. The summed E-state index contributed by atoms with van der Waals surface area (Å²) in [6.45, 7) is 1.01. The number of hydrogen-bond donors (Lipinski definition) is 1. The molecule has 0 saturated carbocycles. The molecule has 1 N–H and O–H groups in total. The summed E-state index contributed by atoms with van der Waals surface area (Å²) in [5.74, 6) is 0.565. The molecular weight excluding hydrogens is 214 g/mol. The predicted molar refractivity (Wildman–Crippen MR) is 63.7 cm³/mol. The van der Waals surface area contributed by atoms with Crippen molar-refractivity contribution in [1.82, 2.24) is 15.0 Å². The van der Waals surface area contributed by atoms with Crippen molar-refractivity contribution in [1.29, 1.82) is 0 Å². The quantitative estimate of drug-likeness (QED) is 0.855. The minimum absolute atomic E-state index is 0.130. The van der Waals surface area contributed by atoms with Crippen LogP contribution in [0.25, 0.3) is 0 Å². The summed E-state index contributed by atoms with van der Waals surface area (Å²) in [6, 6.07) is 8.55. The van der Waals surface area contributed by atoms with Crippen LogP contribution in [0.5, 0.6) is 0 Å². The van der Waals surface area contributed by atoms with E-state index in [9.17, 15) is 0 Å². The van der Waals surface area contributed by atoms with Crippen LogP contribution in [-0.4, -0.2) is 26.7 Å². The maximum absolute atomic E-state index is 8.82. The van der Waals surface area contributed by atoms with E-state index in [0.29, 0.717) is 12.3 Å². The molecule has 1 unspecified atom stereocenters. The van der Waals surface area contributed by atoms with E-state index >= 15 is 0 Å². The topological polar surface area (TPSA) is 50.9 Å². The van der Waals surface area contributed by atoms with Gasteiger partial charge in [-0.3, -0.25) is 4.68 Å². The summed E-state index contributed by atoms with van der Waals surface area (Å²) in [5.41, 5.74) is 3.75. The van der Waals surface area contributed by atoms with Gasteiger partial charge in [-0.25, -0.2) is 0 Å². The van der Waals surface area contributed by atoms with Crippen LogP contribution in [0.3, 0.4) is 0 Å². The average Bonchev–Trinajstić information content (AvgIpc) is 2.74. The molecule has 88 valence electrons. The molecule has 2 aromatic rings. The van der Waals surface area contributed by atoms with Crippen molar-refractivity contribution in [3.8, 4) is 0 Å². The molecule has 1 aliphatic rings. The van der Waals surface area contributed by atoms with E-state index in [4.69, 9.17) is 5.11 Å². The first-order valence-electron chi connectivity index (χ1n) is 5.94. The molecule has 1 aromatic heterocycles. The third-order valence-electron chi connectivity index (χ3n) is 3.32. The highest BCUT2D eigenvalue weighted by atomic mass is 16.3. The lowest BCUT2D eigenvalue weighted by Gasteiger charge is -2.29. The number of hydrogen-bond acceptors (Lipinski definition) is 3. The Morgan fingerprint density at radius 2 is 2.24 bits per heavy atom. The van der Waals surface area contributed by atoms with Gasteiger partial charge in [-0.2, -0.15) is 0 Å². The third kappa shape index (κ3) is 1.96. The van der Waals surface area contributed by atoms with Crippen LogP contribution in [0.4, 0.5) is 0 Å². The second kappa shape index (κ2) is 4.30. The highest BCUT2D eigenvalue weighted by molar-refractivity contribution is 5.39. The summed E-state index contributed by atoms with van der Waals surface area (Å²) in [5, 5.41) is 16.9. The molecule has 4 nitrogen and oxygen atoms in total. The van der Waals surface area contributed by atoms with Crippen molar-refractivity contribution in [2.45, 2.75) is 25.3 Å². The molecule has 17 heavy (non-hydrogen) atoms. The van der Waals surface area contributed by atoms with Crippen molar-refractivity contribution in [3.63, 3.8) is 0 Å². The van der Waals surface area contributed by atoms with Crippen LogP contribution >= 0.6 is 0 Å². The fraction of sp³-hybridized carbons (Fsp3) is 0.385. The molecule has 0 spiro atoms. The van der Waals surface area contributed by atoms with Gasteiger partial charge in [0.15, 0.2) is 0 Å². The second-order valence-corrected chi connectivity index (χ2v) is 4.51. The van der Waals surface area contributed by atoms with E-state index in [0.717, 1.165) is 18.7 Å². The van der Waals surface area contributed by atoms with Crippen LogP contribution in [0.15, 0.2) is 30.5 Å². The number of aromatic nitrogens is 3. The molecule has 0 bridgehead atoms. The Morgan fingerprint density at radius 3 is 3.06 bits per heavy atom. The summed E-state index contributed by atoms with van der Waals surface area (Å²) >= 11 is 0. The largest absolute Gasteiger partial charge is 0.396 e. The monoisotopic (exact) mass is 229 g/mol. The number of rotatable bonds is 4. The summed E-state index contributed by atoms with van der Waals surface area (Å²) in [6.07, 6.45) is 3.64. The van der Waals surface area contributed by atoms with E-state index in [1.54, 1.807) is 0 Å². The molecule has 0 radical (unpaired) electrons. The highest BCUT2D eigenvalue weighted by Gasteiger charge is 2.25. The Kier molecular flexibility index (Phi) is 2.65. The highest BCUT2D eigenvalue weighted by Crippen LogP contribution is 2.35. The Labute approximate surface area is 99.9 Å². The van der Waals surface area contributed by atoms with Gasteiger partial charge >= 0.3 is 0 Å². The van der Waals surface area contributed by atoms with Gasteiger partial charge in [0.25, 0.3) is 0 Å². The normalized spacial score (nSPS) is 17.6. The SMILES string of the molecule is OCCc1cn(CC2Cc3ccccc32)nn1. The minimum Gasteiger partial charge on any atom is -0.396 e. The molecular formula is C13H15N3O. The zero-order chi connectivity index (χ0) is 11.7. The minimum atomic E-state index is 0.130. The van der Waals surface area contributed by atoms with Crippen LogP contribution < -0.4 is 0 Å². The zero-order valence-electron chi connectivity index (χ0n) is 9.58. The van der Waals surface area contributed by atoms with Gasteiger partial charge < -0.3 is 5.11 Å². The van der Waals surface area contributed by atoms with Crippen molar-refractivity contribution in [3.05, 3.63) is 47.3 Å². The lowest BCUT2D eigenvalue weighted by Crippen LogP contribution is -2.22. The smallest absolute Gasteiger partial charge is 0.0849 e. The molecule has 0 amide bonds. The van der Waals surface area contributed by atoms with E-state index < -0.39 is 0 Å². The first-order chi connectivity index (χ1) is 8.36. The first kappa shape index (κ1) is 10.5. The molecule has 0 aliphatic heterocycles. The molecule has 0 saturated heterocycles. The molecule has 1 aromatic carbocycles. The van der Waals surface area contributed by atoms with Gasteiger partial charge in [0.05, 0.1) is 5.69 Å². The zero-order valence-corrected chi connectivity index (χ0v) is 9.58. The van der Waals surface area contributed by atoms with Crippen molar-refractivity contribution < 1.29 is 5.11 Å². The fourth-order valence-corrected chi connectivity index (χ4v) is 2.41. The molecule has 1 atom stereocenters. The number of aliphatic hydroxyl groups excluding tert-OH is 1. The third-order valence-corrected chi connectivity index (χ3v) is 3.32. The predicted octanol–water partition coefficient (Wildman–Crippen LogP) is 1.15. The van der Waals surface area contributed by atoms with Gasteiger partial charge in [-0.05, 0) is 17.5 Å². The molecule has 4 heteroatoms. The van der Waals surface area contributed by atoms with Gasteiger partial charge in [-0.15, -0.1) is 5.10 Å². The average molecular weight is 229 g/mol. The first-order valence-corrected chi connectivity index (χ1v) is 5.94. The van der Waals surface area contributed by atoms with Gasteiger partial charge in [0, 0.05) is 31.7 Å². The van der Waals surface area contributed by atoms with E-state index in [2.05, 4.69) is 34.6 Å². The lowest BCUT2D eigenvalue weighted by atomic mass is 9.78. The van der Waals surface area contributed by atoms with E-state index in [1.807, 2.05) is 10.9 Å². The van der Waals surface area contributed by atoms with Crippen molar-refractivity contribution >= 4 is 0 Å². The molecule has 3 rings (SSSR count). The van der Waals surface area contributed by atoms with Crippen LogP contribution in [-0.2, 0) is 19.4 Å². The fourth-order valence-electron chi connectivity index (χ4n) is 2.41. The van der Waals surface area contributed by atoms with E-state index in [-0.39, 0.29) is 6.61 Å². The van der Waals surface area contributed by atoms with Crippen LogP contribution in [0, 0.1) is 0 Å². The van der Waals surface area contributed by atoms with E-state index in [1.165, 1.54) is 11.1 Å². The number of aliphatic hydroxyl groups is 1. The molecule has 1 heterocycles. The summed E-state index contributed by atoms with van der Waals surface area (Å²) in [4.78, 5) is 0. The van der Waals surface area contributed by atoms with Crippen molar-refractivity contribution in [2.75, 3.05) is 6.61 Å². The Morgan fingerprint density at radius 1 is 1.35 bits per heavy atom. The van der Waals surface area contributed by atoms with Gasteiger partial charge in [0.1, 0.15) is 0 Å². The second-order valence-electron chi connectivity index (χ2n) is 4.51. The summed E-state index contributed by atoms with van der Waals surface area (Å²) < 4.78 is 1.88.